The van der Waals surface area contributed by atoms with E-state index in [1.807, 2.05) is 6.92 Å². The average molecular weight is 136 g/mol. The van der Waals surface area contributed by atoms with E-state index in [4.69, 9.17) is 10.2 Å². The van der Waals surface area contributed by atoms with E-state index < -0.39 is 12.2 Å². The number of aliphatic hydroxyl groups excluding tert-OH is 2. The fourth-order valence-corrected chi connectivity index (χ4v) is 0.637. The smallest absolute Gasteiger partial charge is 0.0886 e. The zero-order chi connectivity index (χ0) is 6.57. The maximum Gasteiger partial charge on any atom is 0.0886 e. The highest BCUT2D eigenvalue weighted by Crippen LogP contribution is 1.98. The molecule has 0 radical (unpaired) electrons. The predicted octanol–water partition coefficient (Wildman–Crippen LogP) is 0.0480. The third kappa shape index (κ3) is 2.55. The SMILES string of the molecule is CCC(O)C(O)CS. The zero-order valence-corrected chi connectivity index (χ0v) is 5.80. The van der Waals surface area contributed by atoms with Crippen LogP contribution in [-0.4, -0.2) is 28.2 Å². The number of rotatable bonds is 3. The van der Waals surface area contributed by atoms with Crippen molar-refractivity contribution in [1.82, 2.24) is 0 Å². The molecule has 2 unspecified atom stereocenters. The van der Waals surface area contributed by atoms with Crippen LogP contribution in [-0.2, 0) is 0 Å². The molecule has 0 fully saturated rings. The molecule has 3 heteroatoms. The van der Waals surface area contributed by atoms with Crippen molar-refractivity contribution in [1.29, 1.82) is 0 Å². The van der Waals surface area contributed by atoms with Crippen LogP contribution in [0.5, 0.6) is 0 Å². The van der Waals surface area contributed by atoms with Crippen molar-refractivity contribution < 1.29 is 10.2 Å². The van der Waals surface area contributed by atoms with Crippen LogP contribution in [0.4, 0.5) is 0 Å². The maximum atomic E-state index is 8.83. The molecule has 0 aliphatic carbocycles. The van der Waals surface area contributed by atoms with E-state index in [2.05, 4.69) is 12.6 Å². The van der Waals surface area contributed by atoms with Crippen LogP contribution in [0.3, 0.4) is 0 Å². The van der Waals surface area contributed by atoms with Gasteiger partial charge in [0.2, 0.25) is 0 Å². The normalized spacial score (nSPS) is 18.0. The molecule has 0 aromatic rings. The zero-order valence-electron chi connectivity index (χ0n) is 4.91. The monoisotopic (exact) mass is 136 g/mol. The summed E-state index contributed by atoms with van der Waals surface area (Å²) in [7, 11) is 0. The average Bonchev–Trinajstić information content (AvgIpc) is 1.84. The minimum Gasteiger partial charge on any atom is -0.390 e. The first-order valence-corrected chi connectivity index (χ1v) is 3.32. The predicted molar refractivity (Wildman–Crippen MR) is 36.2 cm³/mol. The Morgan fingerprint density at radius 2 is 1.88 bits per heavy atom. The van der Waals surface area contributed by atoms with Crippen LogP contribution in [0.1, 0.15) is 13.3 Å². The molecule has 50 valence electrons. The van der Waals surface area contributed by atoms with Gasteiger partial charge in [-0.3, -0.25) is 0 Å². The number of thiol groups is 1. The standard InChI is InChI=1S/C5H12O2S/c1-2-4(6)5(7)3-8/h4-8H,2-3H2,1H3. The van der Waals surface area contributed by atoms with E-state index in [1.165, 1.54) is 0 Å². The molecule has 2 N–H and O–H groups in total. The van der Waals surface area contributed by atoms with Gasteiger partial charge >= 0.3 is 0 Å². The van der Waals surface area contributed by atoms with Crippen molar-refractivity contribution in [3.05, 3.63) is 0 Å². The summed E-state index contributed by atoms with van der Waals surface area (Å²) in [5, 5.41) is 17.6. The van der Waals surface area contributed by atoms with Gasteiger partial charge in [-0.2, -0.15) is 12.6 Å². The quantitative estimate of drug-likeness (QED) is 0.480. The third-order valence-electron chi connectivity index (χ3n) is 1.05. The molecule has 8 heavy (non-hydrogen) atoms. The number of hydrogen-bond acceptors (Lipinski definition) is 3. The summed E-state index contributed by atoms with van der Waals surface area (Å²) < 4.78 is 0. The maximum absolute atomic E-state index is 8.83. The molecule has 0 spiro atoms. The molecule has 2 atom stereocenters. The van der Waals surface area contributed by atoms with Gasteiger partial charge in [-0.15, -0.1) is 0 Å². The molecule has 0 saturated heterocycles. The van der Waals surface area contributed by atoms with E-state index in [-0.39, 0.29) is 0 Å². The lowest BCUT2D eigenvalue weighted by atomic mass is 10.2. The summed E-state index contributed by atoms with van der Waals surface area (Å²) in [4.78, 5) is 0. The van der Waals surface area contributed by atoms with E-state index >= 15 is 0 Å². The first-order chi connectivity index (χ1) is 3.72. The van der Waals surface area contributed by atoms with Crippen LogP contribution >= 0.6 is 12.6 Å². The van der Waals surface area contributed by atoms with Crippen molar-refractivity contribution in [3.63, 3.8) is 0 Å². The van der Waals surface area contributed by atoms with Crippen LogP contribution in [0.15, 0.2) is 0 Å². The Morgan fingerprint density at radius 1 is 1.38 bits per heavy atom. The van der Waals surface area contributed by atoms with Gasteiger partial charge in [0.15, 0.2) is 0 Å². The highest BCUT2D eigenvalue weighted by atomic mass is 32.1. The third-order valence-corrected chi connectivity index (χ3v) is 1.42. The Labute approximate surface area is 54.9 Å². The van der Waals surface area contributed by atoms with E-state index in [0.29, 0.717) is 12.2 Å². The Bertz CT molecular complexity index is 50.4. The minimum atomic E-state index is -0.664. The summed E-state index contributed by atoms with van der Waals surface area (Å²) in [6.07, 6.45) is -0.683. The molecule has 0 aliphatic rings. The molecule has 0 aliphatic heterocycles. The van der Waals surface area contributed by atoms with Gasteiger partial charge in [-0.1, -0.05) is 6.92 Å². The highest BCUT2D eigenvalue weighted by molar-refractivity contribution is 7.80. The molecule has 0 bridgehead atoms. The van der Waals surface area contributed by atoms with E-state index in [9.17, 15) is 0 Å². The second-order valence-electron chi connectivity index (χ2n) is 1.73. The molecular weight excluding hydrogens is 124 g/mol. The minimum absolute atomic E-state index is 0.328. The van der Waals surface area contributed by atoms with Gasteiger partial charge in [0.1, 0.15) is 0 Å². The van der Waals surface area contributed by atoms with Gasteiger partial charge in [0.25, 0.3) is 0 Å². The van der Waals surface area contributed by atoms with Crippen LogP contribution in [0.25, 0.3) is 0 Å². The topological polar surface area (TPSA) is 40.5 Å². The first-order valence-electron chi connectivity index (χ1n) is 2.69. The summed E-state index contributed by atoms with van der Waals surface area (Å²) in [6, 6.07) is 0. The molecule has 0 saturated carbocycles. The molecule has 0 amide bonds. The van der Waals surface area contributed by atoms with Crippen molar-refractivity contribution in [2.75, 3.05) is 5.75 Å². The largest absolute Gasteiger partial charge is 0.390 e. The van der Waals surface area contributed by atoms with E-state index in [0.717, 1.165) is 0 Å². The lowest BCUT2D eigenvalue weighted by Crippen LogP contribution is -2.26. The Kier molecular flexibility index (Phi) is 4.32. The van der Waals surface area contributed by atoms with Gasteiger partial charge < -0.3 is 10.2 Å². The summed E-state index contributed by atoms with van der Waals surface area (Å²) in [5.41, 5.74) is 0. The summed E-state index contributed by atoms with van der Waals surface area (Å²) >= 11 is 3.80. The Morgan fingerprint density at radius 3 is 2.00 bits per heavy atom. The van der Waals surface area contributed by atoms with Crippen LogP contribution in [0.2, 0.25) is 0 Å². The number of aliphatic hydroxyl groups is 2. The highest BCUT2D eigenvalue weighted by Gasteiger charge is 2.10. The first kappa shape index (κ1) is 8.27. The van der Waals surface area contributed by atoms with Gasteiger partial charge in [-0.05, 0) is 6.42 Å². The van der Waals surface area contributed by atoms with Crippen molar-refractivity contribution >= 4 is 12.6 Å². The fraction of sp³-hybridized carbons (Fsp3) is 1.00. The van der Waals surface area contributed by atoms with Crippen molar-refractivity contribution in [2.45, 2.75) is 25.6 Å². The lowest BCUT2D eigenvalue weighted by Gasteiger charge is -2.11. The summed E-state index contributed by atoms with van der Waals surface area (Å²) in [6.45, 7) is 1.82. The molecule has 0 aromatic carbocycles. The van der Waals surface area contributed by atoms with Crippen LogP contribution in [0, 0.1) is 0 Å². The number of hydrogen-bond donors (Lipinski definition) is 3. The molecule has 0 heterocycles. The van der Waals surface area contributed by atoms with Gasteiger partial charge in [0, 0.05) is 5.75 Å². The van der Waals surface area contributed by atoms with Crippen molar-refractivity contribution in [2.24, 2.45) is 0 Å². The van der Waals surface area contributed by atoms with Crippen molar-refractivity contribution in [3.8, 4) is 0 Å². The van der Waals surface area contributed by atoms with E-state index in [1.54, 1.807) is 0 Å². The van der Waals surface area contributed by atoms with Crippen LogP contribution < -0.4 is 0 Å². The second kappa shape index (κ2) is 4.18. The Balaban J connectivity index is 3.29. The summed E-state index contributed by atoms with van der Waals surface area (Å²) in [5.74, 6) is 0.328. The van der Waals surface area contributed by atoms with Gasteiger partial charge in [-0.25, -0.2) is 0 Å². The molecule has 2 nitrogen and oxygen atoms in total. The molecule has 0 aromatic heterocycles. The fourth-order valence-electron chi connectivity index (χ4n) is 0.394. The lowest BCUT2D eigenvalue weighted by molar-refractivity contribution is 0.0325. The second-order valence-corrected chi connectivity index (χ2v) is 2.09. The molecule has 0 rings (SSSR count). The molecular formula is C5H12O2S. The van der Waals surface area contributed by atoms with Gasteiger partial charge in [0.05, 0.1) is 12.2 Å². The Hall–Kier alpha value is 0.270.